The predicted molar refractivity (Wildman–Crippen MR) is 139 cm³/mol. The maximum atomic E-state index is 15.5. The number of para-hydroxylation sites is 3. The highest BCUT2D eigenvalue weighted by atomic mass is 19.4. The molecule has 39 heavy (non-hydrogen) atoms. The normalized spacial score (nSPS) is 13.4. The van der Waals surface area contributed by atoms with E-state index in [2.05, 4.69) is 4.98 Å². The Morgan fingerprint density at radius 3 is 1.41 bits per heavy atom. The standard InChI is InChI=1S/C30H17F6N3/c31-29(32,33)28(30(34,35)36,39-24-15-7-4-11-20(24)21-12-5-8-16-25(21)39)26-17-37-27-22-13-2-1-9-18(22)19-10-3-6-14-23(19)38(26)27/h1-17H. The van der Waals surface area contributed by atoms with E-state index in [1.807, 2.05) is 0 Å². The molecule has 0 fully saturated rings. The highest BCUT2D eigenvalue weighted by molar-refractivity contribution is 6.12. The lowest BCUT2D eigenvalue weighted by Crippen LogP contribution is -2.59. The second-order valence-corrected chi connectivity index (χ2v) is 9.44. The Hall–Kier alpha value is -4.53. The number of imidazole rings is 1. The summed E-state index contributed by atoms with van der Waals surface area (Å²) in [6, 6.07) is 25.1. The molecule has 0 atom stereocenters. The van der Waals surface area contributed by atoms with Crippen LogP contribution in [-0.2, 0) is 5.54 Å². The summed E-state index contributed by atoms with van der Waals surface area (Å²) in [7, 11) is 0. The second-order valence-electron chi connectivity index (χ2n) is 9.44. The van der Waals surface area contributed by atoms with Gasteiger partial charge in [-0.25, -0.2) is 4.98 Å². The summed E-state index contributed by atoms with van der Waals surface area (Å²) >= 11 is 0. The molecule has 3 aromatic heterocycles. The van der Waals surface area contributed by atoms with Crippen molar-refractivity contribution in [1.82, 2.24) is 14.0 Å². The van der Waals surface area contributed by atoms with Crippen LogP contribution >= 0.6 is 0 Å². The van der Waals surface area contributed by atoms with Crippen LogP contribution in [0.15, 0.2) is 103 Å². The highest BCUT2D eigenvalue weighted by Gasteiger charge is 2.75. The van der Waals surface area contributed by atoms with Crippen LogP contribution in [0.5, 0.6) is 0 Å². The molecule has 7 aromatic rings. The molecule has 9 heteroatoms. The van der Waals surface area contributed by atoms with E-state index < -0.39 is 23.6 Å². The fraction of sp³-hybridized carbons (Fsp3) is 0.100. The number of benzene rings is 4. The van der Waals surface area contributed by atoms with Crippen molar-refractivity contribution in [2.24, 2.45) is 0 Å². The number of halogens is 6. The number of alkyl halides is 6. The number of nitrogens with zero attached hydrogens (tertiary/aromatic N) is 3. The highest BCUT2D eigenvalue weighted by Crippen LogP contribution is 2.56. The summed E-state index contributed by atoms with van der Waals surface area (Å²) in [6.45, 7) is 0. The van der Waals surface area contributed by atoms with Crippen molar-refractivity contribution >= 4 is 49.1 Å². The van der Waals surface area contributed by atoms with E-state index >= 15 is 26.3 Å². The lowest BCUT2D eigenvalue weighted by Gasteiger charge is -2.39. The average Bonchev–Trinajstić information content (AvgIpc) is 3.49. The van der Waals surface area contributed by atoms with Crippen molar-refractivity contribution in [3.63, 3.8) is 0 Å². The molecule has 3 nitrogen and oxygen atoms in total. The van der Waals surface area contributed by atoms with Crippen LogP contribution in [0.2, 0.25) is 0 Å². The van der Waals surface area contributed by atoms with E-state index in [4.69, 9.17) is 0 Å². The minimum Gasteiger partial charge on any atom is -0.313 e. The number of rotatable bonds is 2. The maximum Gasteiger partial charge on any atom is 0.426 e. The third kappa shape index (κ3) is 2.92. The van der Waals surface area contributed by atoms with Crippen molar-refractivity contribution < 1.29 is 26.3 Å². The average molecular weight is 533 g/mol. The molecule has 0 spiro atoms. The lowest BCUT2D eigenvalue weighted by molar-refractivity contribution is -0.312. The fourth-order valence-electron chi connectivity index (χ4n) is 5.95. The van der Waals surface area contributed by atoms with Crippen molar-refractivity contribution in [1.29, 1.82) is 0 Å². The number of hydrogen-bond acceptors (Lipinski definition) is 1. The molecular weight excluding hydrogens is 516 g/mol. The van der Waals surface area contributed by atoms with Crippen LogP contribution < -0.4 is 0 Å². The molecule has 0 bridgehead atoms. The summed E-state index contributed by atoms with van der Waals surface area (Å²) < 4.78 is 94.5. The number of aromatic nitrogens is 3. The molecule has 0 amide bonds. The Balaban J connectivity index is 1.78. The molecule has 0 N–H and O–H groups in total. The molecule has 0 aliphatic rings. The SMILES string of the molecule is FC(F)(F)C(c1cnc2c3ccccc3c3ccccc3n12)(n1c2ccccc2c2ccccc21)C(F)(F)F. The van der Waals surface area contributed by atoms with Gasteiger partial charge in [-0.15, -0.1) is 0 Å². The second kappa shape index (κ2) is 7.75. The zero-order valence-electron chi connectivity index (χ0n) is 19.9. The first-order chi connectivity index (χ1) is 18.7. The van der Waals surface area contributed by atoms with Crippen LogP contribution in [0, 0.1) is 0 Å². The Bertz CT molecular complexity index is 2000. The lowest BCUT2D eigenvalue weighted by atomic mass is 9.91. The van der Waals surface area contributed by atoms with E-state index in [0.29, 0.717) is 20.7 Å². The molecule has 3 heterocycles. The van der Waals surface area contributed by atoms with Gasteiger partial charge < -0.3 is 4.57 Å². The van der Waals surface area contributed by atoms with Gasteiger partial charge in [-0.05, 0) is 23.6 Å². The van der Waals surface area contributed by atoms with Gasteiger partial charge in [0.05, 0.1) is 28.4 Å². The predicted octanol–water partition coefficient (Wildman–Crippen LogP) is 8.62. The van der Waals surface area contributed by atoms with E-state index in [9.17, 15) is 0 Å². The summed E-state index contributed by atoms with van der Waals surface area (Å²) in [4.78, 5) is 4.21. The molecule has 0 saturated carbocycles. The Morgan fingerprint density at radius 1 is 0.487 bits per heavy atom. The molecular formula is C30H17F6N3. The van der Waals surface area contributed by atoms with E-state index in [0.717, 1.165) is 10.6 Å². The van der Waals surface area contributed by atoms with Gasteiger partial charge >= 0.3 is 12.4 Å². The first-order valence-electron chi connectivity index (χ1n) is 12.1. The molecule has 194 valence electrons. The van der Waals surface area contributed by atoms with E-state index in [1.54, 1.807) is 54.6 Å². The maximum absolute atomic E-state index is 15.5. The van der Waals surface area contributed by atoms with Gasteiger partial charge in [0.15, 0.2) is 0 Å². The van der Waals surface area contributed by atoms with Gasteiger partial charge in [-0.1, -0.05) is 78.9 Å². The van der Waals surface area contributed by atoms with Gasteiger partial charge in [0.2, 0.25) is 0 Å². The first kappa shape index (κ1) is 23.6. The van der Waals surface area contributed by atoms with Crippen LogP contribution in [0.3, 0.4) is 0 Å². The summed E-state index contributed by atoms with van der Waals surface area (Å²) in [6.07, 6.45) is -10.9. The van der Waals surface area contributed by atoms with Gasteiger partial charge in [-0.2, -0.15) is 26.3 Å². The van der Waals surface area contributed by atoms with Crippen LogP contribution in [0.4, 0.5) is 26.3 Å². The van der Waals surface area contributed by atoms with Crippen molar-refractivity contribution in [3.8, 4) is 0 Å². The number of pyridine rings is 1. The monoisotopic (exact) mass is 533 g/mol. The van der Waals surface area contributed by atoms with Crippen molar-refractivity contribution in [3.05, 3.63) is 109 Å². The smallest absolute Gasteiger partial charge is 0.313 e. The minimum atomic E-state index is -5.81. The van der Waals surface area contributed by atoms with Crippen LogP contribution in [-0.4, -0.2) is 26.3 Å². The van der Waals surface area contributed by atoms with Gasteiger partial charge in [0.1, 0.15) is 5.65 Å². The van der Waals surface area contributed by atoms with E-state index in [-0.39, 0.29) is 33.0 Å². The number of hydrogen-bond donors (Lipinski definition) is 0. The molecule has 7 rings (SSSR count). The Labute approximate surface area is 216 Å². The summed E-state index contributed by atoms with van der Waals surface area (Å²) in [5.74, 6) is 0. The largest absolute Gasteiger partial charge is 0.426 e. The Kier molecular flexibility index (Phi) is 4.69. The zero-order valence-corrected chi connectivity index (χ0v) is 19.9. The topological polar surface area (TPSA) is 22.2 Å². The molecule has 4 aromatic carbocycles. The fourth-order valence-corrected chi connectivity index (χ4v) is 5.95. The van der Waals surface area contributed by atoms with Gasteiger partial charge in [0.25, 0.3) is 5.54 Å². The summed E-state index contributed by atoms with van der Waals surface area (Å²) in [5.41, 5.74) is -5.67. The first-order valence-corrected chi connectivity index (χ1v) is 12.1. The quantitative estimate of drug-likeness (QED) is 0.161. The third-order valence-corrected chi connectivity index (χ3v) is 7.47. The van der Waals surface area contributed by atoms with Crippen LogP contribution in [0.25, 0.3) is 49.1 Å². The molecule has 0 aliphatic heterocycles. The van der Waals surface area contributed by atoms with Crippen LogP contribution in [0.1, 0.15) is 5.69 Å². The number of fused-ring (bicyclic) bond motifs is 9. The van der Waals surface area contributed by atoms with Crippen molar-refractivity contribution in [2.75, 3.05) is 0 Å². The minimum absolute atomic E-state index is 0.0120. The van der Waals surface area contributed by atoms with Crippen molar-refractivity contribution in [2.45, 2.75) is 17.9 Å². The molecule has 0 unspecified atom stereocenters. The van der Waals surface area contributed by atoms with Gasteiger partial charge in [0, 0.05) is 21.5 Å². The summed E-state index contributed by atoms with van der Waals surface area (Å²) in [5, 5.41) is 2.22. The third-order valence-electron chi connectivity index (χ3n) is 7.47. The van der Waals surface area contributed by atoms with E-state index in [1.165, 1.54) is 42.5 Å². The van der Waals surface area contributed by atoms with Gasteiger partial charge in [-0.3, -0.25) is 4.40 Å². The molecule has 0 saturated heterocycles. The molecule has 0 radical (unpaired) electrons. The Morgan fingerprint density at radius 2 is 0.897 bits per heavy atom. The molecule has 0 aliphatic carbocycles. The zero-order chi connectivity index (χ0) is 27.2.